The van der Waals surface area contributed by atoms with Crippen molar-refractivity contribution >= 4 is 39.4 Å². The number of nitrogens with one attached hydrogen (secondary N) is 1. The maximum Gasteiger partial charge on any atom is 0.324 e. The first-order valence-electron chi connectivity index (χ1n) is 8.35. The minimum Gasteiger partial charge on any atom is -0.336 e. The van der Waals surface area contributed by atoms with Gasteiger partial charge in [0.1, 0.15) is 0 Å². The van der Waals surface area contributed by atoms with Gasteiger partial charge >= 0.3 is 6.03 Å². The van der Waals surface area contributed by atoms with Crippen LogP contribution in [0, 0.1) is 0 Å². The van der Waals surface area contributed by atoms with E-state index in [1.807, 2.05) is 12.1 Å². The van der Waals surface area contributed by atoms with Crippen LogP contribution in [0.1, 0.15) is 28.7 Å². The second kappa shape index (κ2) is 6.11. The third kappa shape index (κ3) is 2.76. The largest absolute Gasteiger partial charge is 0.336 e. The van der Waals surface area contributed by atoms with Gasteiger partial charge in [0.2, 0.25) is 5.91 Å². The Kier molecular flexibility index (Phi) is 3.91. The minimum absolute atomic E-state index is 0.0467. The predicted octanol–water partition coefficient (Wildman–Crippen LogP) is 1.62. The Labute approximate surface area is 148 Å². The third-order valence-corrected chi connectivity index (χ3v) is 5.84. The fraction of sp³-hybridized carbons (Fsp3) is 0.412. The van der Waals surface area contributed by atoms with E-state index in [0.29, 0.717) is 25.1 Å². The molecule has 3 heterocycles. The van der Waals surface area contributed by atoms with Gasteiger partial charge in [-0.15, -0.1) is 11.3 Å². The number of likely N-dealkylation sites (tertiary alicyclic amines) is 1. The minimum atomic E-state index is -0.359. The van der Waals surface area contributed by atoms with Crippen LogP contribution in [0.4, 0.5) is 4.79 Å². The van der Waals surface area contributed by atoms with E-state index >= 15 is 0 Å². The summed E-state index contributed by atoms with van der Waals surface area (Å²) in [7, 11) is 0. The molecule has 25 heavy (non-hydrogen) atoms. The Bertz CT molecular complexity index is 862. The molecule has 2 fully saturated rings. The number of amides is 4. The van der Waals surface area contributed by atoms with Crippen molar-refractivity contribution in [2.75, 3.05) is 19.6 Å². The zero-order valence-corrected chi connectivity index (χ0v) is 14.6. The SMILES string of the molecule is CCc1nc2ccc(C(=O)N3CCC(N4C(=O)CNC4=O)C3)cc2s1. The fourth-order valence-corrected chi connectivity index (χ4v) is 4.33. The highest BCUT2D eigenvalue weighted by Gasteiger charge is 2.39. The number of thiazole rings is 1. The van der Waals surface area contributed by atoms with Gasteiger partial charge in [0.05, 0.1) is 27.8 Å². The molecule has 0 saturated carbocycles. The van der Waals surface area contributed by atoms with Crippen molar-refractivity contribution < 1.29 is 14.4 Å². The average molecular weight is 358 g/mol. The zero-order valence-electron chi connectivity index (χ0n) is 13.8. The lowest BCUT2D eigenvalue weighted by atomic mass is 10.2. The lowest BCUT2D eigenvalue weighted by molar-refractivity contribution is -0.126. The molecule has 2 aliphatic rings. The number of urea groups is 1. The van der Waals surface area contributed by atoms with Crippen LogP contribution in [-0.2, 0) is 11.2 Å². The highest BCUT2D eigenvalue weighted by molar-refractivity contribution is 7.18. The van der Waals surface area contributed by atoms with Gasteiger partial charge in [0.15, 0.2) is 0 Å². The van der Waals surface area contributed by atoms with E-state index in [1.165, 1.54) is 4.90 Å². The zero-order chi connectivity index (χ0) is 17.6. The molecule has 130 valence electrons. The molecular weight excluding hydrogens is 340 g/mol. The average Bonchev–Trinajstić information content (AvgIpc) is 3.31. The quantitative estimate of drug-likeness (QED) is 0.846. The van der Waals surface area contributed by atoms with Crippen LogP contribution < -0.4 is 5.32 Å². The smallest absolute Gasteiger partial charge is 0.324 e. The van der Waals surface area contributed by atoms with Crippen molar-refractivity contribution in [2.45, 2.75) is 25.8 Å². The molecule has 1 unspecified atom stereocenters. The van der Waals surface area contributed by atoms with Gasteiger partial charge in [-0.1, -0.05) is 6.92 Å². The molecule has 1 aromatic heterocycles. The van der Waals surface area contributed by atoms with E-state index < -0.39 is 0 Å². The summed E-state index contributed by atoms with van der Waals surface area (Å²) in [6.45, 7) is 3.04. The van der Waals surface area contributed by atoms with Gasteiger partial charge in [-0.2, -0.15) is 0 Å². The van der Waals surface area contributed by atoms with Crippen LogP contribution in [0.5, 0.6) is 0 Å². The first kappa shape index (κ1) is 16.0. The highest BCUT2D eigenvalue weighted by atomic mass is 32.1. The van der Waals surface area contributed by atoms with Crippen molar-refractivity contribution in [3.63, 3.8) is 0 Å². The molecule has 7 nitrogen and oxygen atoms in total. The number of aromatic nitrogens is 1. The standard InChI is InChI=1S/C17H18N4O3S/c1-2-14-19-12-4-3-10(7-13(12)25-14)16(23)20-6-5-11(9-20)21-15(22)8-18-17(21)24/h3-4,7,11H,2,5-6,8-9H2,1H3,(H,18,24). The number of imide groups is 1. The normalized spacial score (nSPS) is 20.6. The molecule has 0 spiro atoms. The topological polar surface area (TPSA) is 82.6 Å². The molecular formula is C17H18N4O3S. The van der Waals surface area contributed by atoms with Crippen LogP contribution >= 0.6 is 11.3 Å². The van der Waals surface area contributed by atoms with Gasteiger partial charge in [0, 0.05) is 18.7 Å². The lowest BCUT2D eigenvalue weighted by Crippen LogP contribution is -2.42. The van der Waals surface area contributed by atoms with E-state index in [0.717, 1.165) is 21.6 Å². The molecule has 0 bridgehead atoms. The molecule has 1 N–H and O–H groups in total. The first-order valence-corrected chi connectivity index (χ1v) is 9.17. The van der Waals surface area contributed by atoms with Crippen molar-refractivity contribution in [2.24, 2.45) is 0 Å². The van der Waals surface area contributed by atoms with Crippen molar-refractivity contribution in [3.05, 3.63) is 28.8 Å². The number of nitrogens with zero attached hydrogens (tertiary/aromatic N) is 3. The van der Waals surface area contributed by atoms with E-state index in [4.69, 9.17) is 0 Å². The van der Waals surface area contributed by atoms with Gasteiger partial charge in [-0.05, 0) is 31.0 Å². The molecule has 1 aromatic carbocycles. The number of benzene rings is 1. The summed E-state index contributed by atoms with van der Waals surface area (Å²) in [4.78, 5) is 43.9. The number of carbonyl (C=O) groups excluding carboxylic acids is 3. The Morgan fingerprint density at radius 2 is 2.24 bits per heavy atom. The number of carbonyl (C=O) groups is 3. The number of hydrogen-bond acceptors (Lipinski definition) is 5. The Morgan fingerprint density at radius 3 is 2.96 bits per heavy atom. The monoisotopic (exact) mass is 358 g/mol. The molecule has 0 aliphatic carbocycles. The summed E-state index contributed by atoms with van der Waals surface area (Å²) in [5, 5.41) is 3.58. The number of rotatable bonds is 3. The van der Waals surface area contributed by atoms with E-state index in [-0.39, 0.29) is 30.4 Å². The summed E-state index contributed by atoms with van der Waals surface area (Å²) >= 11 is 1.61. The highest BCUT2D eigenvalue weighted by Crippen LogP contribution is 2.25. The second-order valence-electron chi connectivity index (χ2n) is 6.26. The van der Waals surface area contributed by atoms with Crippen LogP contribution in [-0.4, -0.2) is 58.3 Å². The third-order valence-electron chi connectivity index (χ3n) is 4.68. The summed E-state index contributed by atoms with van der Waals surface area (Å²) in [5.41, 5.74) is 1.54. The summed E-state index contributed by atoms with van der Waals surface area (Å²) in [6.07, 6.45) is 1.50. The van der Waals surface area contributed by atoms with Crippen molar-refractivity contribution in [1.29, 1.82) is 0 Å². The first-order chi connectivity index (χ1) is 12.1. The molecule has 4 rings (SSSR count). The van der Waals surface area contributed by atoms with Gasteiger partial charge in [-0.25, -0.2) is 9.78 Å². The molecule has 2 aromatic rings. The Balaban J connectivity index is 1.51. The van der Waals surface area contributed by atoms with E-state index in [9.17, 15) is 14.4 Å². The molecule has 8 heteroatoms. The van der Waals surface area contributed by atoms with Gasteiger partial charge in [0.25, 0.3) is 5.91 Å². The summed E-state index contributed by atoms with van der Waals surface area (Å²) in [5.74, 6) is -0.287. The molecule has 1 atom stereocenters. The van der Waals surface area contributed by atoms with Crippen LogP contribution in [0.2, 0.25) is 0 Å². The maximum absolute atomic E-state index is 12.8. The summed E-state index contributed by atoms with van der Waals surface area (Å²) in [6, 6.07) is 4.96. The summed E-state index contributed by atoms with van der Waals surface area (Å²) < 4.78 is 1.01. The van der Waals surface area contributed by atoms with Crippen LogP contribution in [0.15, 0.2) is 18.2 Å². The van der Waals surface area contributed by atoms with Crippen LogP contribution in [0.3, 0.4) is 0 Å². The Morgan fingerprint density at radius 1 is 1.40 bits per heavy atom. The van der Waals surface area contributed by atoms with Crippen molar-refractivity contribution in [1.82, 2.24) is 20.1 Å². The maximum atomic E-state index is 12.8. The number of hydrogen-bond donors (Lipinski definition) is 1. The number of aryl methyl sites for hydroxylation is 1. The van der Waals surface area contributed by atoms with E-state index in [2.05, 4.69) is 17.2 Å². The lowest BCUT2D eigenvalue weighted by Gasteiger charge is -2.21. The molecule has 2 aliphatic heterocycles. The Hall–Kier alpha value is -2.48. The number of fused-ring (bicyclic) bond motifs is 1. The van der Waals surface area contributed by atoms with Crippen molar-refractivity contribution in [3.8, 4) is 0 Å². The predicted molar refractivity (Wildman–Crippen MR) is 93.6 cm³/mol. The molecule has 0 radical (unpaired) electrons. The molecule has 4 amide bonds. The van der Waals surface area contributed by atoms with Gasteiger partial charge in [-0.3, -0.25) is 14.5 Å². The fourth-order valence-electron chi connectivity index (χ4n) is 3.38. The second-order valence-corrected chi connectivity index (χ2v) is 7.37. The molecule has 2 saturated heterocycles. The van der Waals surface area contributed by atoms with Gasteiger partial charge < -0.3 is 10.2 Å². The van der Waals surface area contributed by atoms with Crippen LogP contribution in [0.25, 0.3) is 10.2 Å². The van der Waals surface area contributed by atoms with E-state index in [1.54, 1.807) is 22.3 Å².